The zero-order valence-electron chi connectivity index (χ0n) is 18.4. The lowest BCUT2D eigenvalue weighted by Gasteiger charge is -2.24. The van der Waals surface area contributed by atoms with Crippen molar-refractivity contribution in [2.24, 2.45) is 5.41 Å². The molecule has 0 saturated heterocycles. The smallest absolute Gasteiger partial charge is 0.183 e. The highest BCUT2D eigenvalue weighted by atomic mass is 35.5. The van der Waals surface area contributed by atoms with E-state index in [1.807, 2.05) is 7.05 Å². The summed E-state index contributed by atoms with van der Waals surface area (Å²) in [7, 11) is 1.99. The minimum atomic E-state index is 0. The molecule has 0 spiro atoms. The Morgan fingerprint density at radius 2 is 1.73 bits per heavy atom. The average Bonchev–Trinajstić information content (AvgIpc) is 3.13. The number of aromatic nitrogens is 4. The normalized spacial score (nSPS) is 10.9. The van der Waals surface area contributed by atoms with Crippen LogP contribution in [0, 0.1) is 19.3 Å². The molecular weight excluding hydrogens is 437 g/mol. The van der Waals surface area contributed by atoms with Gasteiger partial charge in [-0.1, -0.05) is 62.4 Å². The van der Waals surface area contributed by atoms with Crippen LogP contribution in [0.15, 0.2) is 35.7 Å². The third-order valence-electron chi connectivity index (χ3n) is 4.61. The fraction of sp³-hybridized carbons (Fsp3) is 0.409. The van der Waals surface area contributed by atoms with Crippen LogP contribution in [0.5, 0.6) is 0 Å². The summed E-state index contributed by atoms with van der Waals surface area (Å²) in [5.74, 6) is 0.779. The third kappa shape index (κ3) is 6.37. The number of thioether (sulfide) groups is 1. The van der Waals surface area contributed by atoms with E-state index in [0.717, 1.165) is 34.4 Å². The van der Waals surface area contributed by atoms with E-state index in [9.17, 15) is 0 Å². The summed E-state index contributed by atoms with van der Waals surface area (Å²) < 4.78 is 0. The van der Waals surface area contributed by atoms with Crippen molar-refractivity contribution in [1.29, 1.82) is 0 Å². The molecule has 8 heteroatoms. The van der Waals surface area contributed by atoms with Crippen LogP contribution in [0.1, 0.15) is 43.3 Å². The van der Waals surface area contributed by atoms with E-state index in [1.54, 1.807) is 18.1 Å². The minimum absolute atomic E-state index is 0. The predicted molar refractivity (Wildman–Crippen MR) is 132 cm³/mol. The van der Waals surface area contributed by atoms with E-state index in [0.29, 0.717) is 0 Å². The SMILES string of the molecule is CNc1c(CC(C)(C)C)nc(C)c(CSc2ncn[nH]2)c1-c1ccc(C)cc1.Cl.Cl. The van der Waals surface area contributed by atoms with E-state index in [1.165, 1.54) is 22.3 Å². The van der Waals surface area contributed by atoms with Crippen LogP contribution in [-0.4, -0.2) is 27.2 Å². The average molecular weight is 468 g/mol. The Labute approximate surface area is 196 Å². The maximum absolute atomic E-state index is 5.01. The van der Waals surface area contributed by atoms with Gasteiger partial charge < -0.3 is 5.32 Å². The van der Waals surface area contributed by atoms with Crippen LogP contribution >= 0.6 is 36.6 Å². The number of pyridine rings is 1. The van der Waals surface area contributed by atoms with Gasteiger partial charge in [0.25, 0.3) is 0 Å². The van der Waals surface area contributed by atoms with Gasteiger partial charge in [0.15, 0.2) is 5.16 Å². The van der Waals surface area contributed by atoms with Crippen molar-refractivity contribution in [2.45, 2.75) is 51.9 Å². The van der Waals surface area contributed by atoms with Gasteiger partial charge in [-0.3, -0.25) is 10.1 Å². The molecule has 3 aromatic rings. The van der Waals surface area contributed by atoms with Crippen LogP contribution < -0.4 is 5.32 Å². The molecule has 3 rings (SSSR count). The largest absolute Gasteiger partial charge is 0.386 e. The second-order valence-corrected chi connectivity index (χ2v) is 9.27. The van der Waals surface area contributed by atoms with Gasteiger partial charge in [-0.25, -0.2) is 4.98 Å². The summed E-state index contributed by atoms with van der Waals surface area (Å²) in [5.41, 5.74) is 8.41. The van der Waals surface area contributed by atoms with Gasteiger partial charge in [-0.05, 0) is 36.8 Å². The van der Waals surface area contributed by atoms with Crippen molar-refractivity contribution >= 4 is 42.3 Å². The molecule has 0 aliphatic carbocycles. The first kappa shape index (κ1) is 26.3. The Bertz CT molecular complexity index is 936. The maximum atomic E-state index is 5.01. The van der Waals surface area contributed by atoms with Gasteiger partial charge in [-0.2, -0.15) is 5.10 Å². The summed E-state index contributed by atoms with van der Waals surface area (Å²) in [6.45, 7) is 11.0. The van der Waals surface area contributed by atoms with Crippen LogP contribution in [0.2, 0.25) is 0 Å². The zero-order chi connectivity index (χ0) is 20.3. The zero-order valence-corrected chi connectivity index (χ0v) is 20.8. The molecule has 0 radical (unpaired) electrons. The van der Waals surface area contributed by atoms with E-state index < -0.39 is 0 Å². The number of halogens is 2. The fourth-order valence-electron chi connectivity index (χ4n) is 3.32. The van der Waals surface area contributed by atoms with Gasteiger partial charge >= 0.3 is 0 Å². The van der Waals surface area contributed by atoms with Crippen LogP contribution in [0.3, 0.4) is 0 Å². The first-order valence-electron chi connectivity index (χ1n) is 9.54. The summed E-state index contributed by atoms with van der Waals surface area (Å²) >= 11 is 1.65. The lowest BCUT2D eigenvalue weighted by molar-refractivity contribution is 0.406. The lowest BCUT2D eigenvalue weighted by atomic mass is 9.87. The van der Waals surface area contributed by atoms with Crippen molar-refractivity contribution in [1.82, 2.24) is 20.2 Å². The first-order chi connectivity index (χ1) is 13.3. The molecule has 0 atom stereocenters. The van der Waals surface area contributed by atoms with Crippen molar-refractivity contribution in [3.63, 3.8) is 0 Å². The molecule has 0 unspecified atom stereocenters. The van der Waals surface area contributed by atoms with Crippen molar-refractivity contribution in [3.05, 3.63) is 53.1 Å². The fourth-order valence-corrected chi connectivity index (χ4v) is 4.19. The molecule has 0 bridgehead atoms. The topological polar surface area (TPSA) is 66.5 Å². The number of nitrogens with one attached hydrogen (secondary N) is 2. The Hall–Kier alpha value is -1.76. The summed E-state index contributed by atoms with van der Waals surface area (Å²) in [6, 6.07) is 8.74. The monoisotopic (exact) mass is 467 g/mol. The minimum Gasteiger partial charge on any atom is -0.386 e. The van der Waals surface area contributed by atoms with E-state index in [-0.39, 0.29) is 30.2 Å². The third-order valence-corrected chi connectivity index (χ3v) is 5.52. The molecule has 0 fully saturated rings. The molecule has 5 nitrogen and oxygen atoms in total. The Balaban J connectivity index is 0.00000225. The highest BCUT2D eigenvalue weighted by Crippen LogP contribution is 2.39. The summed E-state index contributed by atoms with van der Waals surface area (Å²) in [6.07, 6.45) is 2.46. The van der Waals surface area contributed by atoms with Crippen molar-refractivity contribution < 1.29 is 0 Å². The lowest BCUT2D eigenvalue weighted by Crippen LogP contribution is -2.15. The number of anilines is 1. The van der Waals surface area contributed by atoms with Crippen LogP contribution in [0.4, 0.5) is 5.69 Å². The number of hydrogen-bond acceptors (Lipinski definition) is 5. The standard InChI is InChI=1S/C22H29N5S.2ClH/c1-14-7-9-16(10-8-14)19-17(12-28-21-24-13-25-27-21)15(2)26-18(20(19)23-6)11-22(3,4)5;;/h7-10,13,23H,11-12H2,1-6H3,(H,24,25,27);2*1H. The molecule has 0 amide bonds. The summed E-state index contributed by atoms with van der Waals surface area (Å²) in [4.78, 5) is 9.25. The van der Waals surface area contributed by atoms with Gasteiger partial charge in [0.05, 0.1) is 11.4 Å². The number of hydrogen-bond donors (Lipinski definition) is 2. The summed E-state index contributed by atoms with van der Waals surface area (Å²) in [5, 5.41) is 11.2. The predicted octanol–water partition coefficient (Wildman–Crippen LogP) is 6.25. The van der Waals surface area contributed by atoms with Gasteiger partial charge in [0.2, 0.25) is 0 Å². The van der Waals surface area contributed by atoms with Gasteiger partial charge in [0, 0.05) is 24.1 Å². The quantitative estimate of drug-likeness (QED) is 0.419. The molecule has 164 valence electrons. The first-order valence-corrected chi connectivity index (χ1v) is 10.5. The Morgan fingerprint density at radius 1 is 1.07 bits per heavy atom. The molecule has 2 aromatic heterocycles. The number of benzene rings is 1. The van der Waals surface area contributed by atoms with Crippen molar-refractivity contribution in [2.75, 3.05) is 12.4 Å². The highest BCUT2D eigenvalue weighted by molar-refractivity contribution is 7.98. The molecule has 30 heavy (non-hydrogen) atoms. The van der Waals surface area contributed by atoms with E-state index in [2.05, 4.69) is 79.4 Å². The number of aromatic amines is 1. The molecule has 2 N–H and O–H groups in total. The highest BCUT2D eigenvalue weighted by Gasteiger charge is 2.22. The second kappa shape index (κ2) is 11.0. The van der Waals surface area contributed by atoms with Crippen LogP contribution in [0.25, 0.3) is 11.1 Å². The van der Waals surface area contributed by atoms with E-state index >= 15 is 0 Å². The van der Waals surface area contributed by atoms with Gasteiger partial charge in [-0.15, -0.1) is 24.8 Å². The van der Waals surface area contributed by atoms with Crippen molar-refractivity contribution in [3.8, 4) is 11.1 Å². The van der Waals surface area contributed by atoms with E-state index in [4.69, 9.17) is 4.98 Å². The maximum Gasteiger partial charge on any atom is 0.183 e. The molecule has 0 aliphatic rings. The van der Waals surface area contributed by atoms with Crippen LogP contribution in [-0.2, 0) is 12.2 Å². The Morgan fingerprint density at radius 3 is 2.27 bits per heavy atom. The Kier molecular flexibility index (Phi) is 9.66. The molecular formula is C22H31Cl2N5S. The number of nitrogens with zero attached hydrogens (tertiary/aromatic N) is 3. The number of H-pyrrole nitrogens is 1. The molecule has 0 saturated carbocycles. The molecule has 2 heterocycles. The second-order valence-electron chi connectivity index (χ2n) is 8.31. The number of aryl methyl sites for hydroxylation is 2. The molecule has 1 aromatic carbocycles. The number of rotatable bonds is 6. The van der Waals surface area contributed by atoms with Gasteiger partial charge in [0.1, 0.15) is 6.33 Å². The molecule has 0 aliphatic heterocycles.